The number of hydrogen-bond donors (Lipinski definition) is 1. The number of carbonyl (C=O) groups is 3. The number of carbonyl (C=O) groups excluding carboxylic acids is 3. The van der Waals surface area contributed by atoms with Crippen LogP contribution >= 0.6 is 0 Å². The molecule has 0 radical (unpaired) electrons. The van der Waals surface area contributed by atoms with Gasteiger partial charge in [-0.25, -0.2) is 0 Å². The fourth-order valence-corrected chi connectivity index (χ4v) is 3.79. The van der Waals surface area contributed by atoms with Gasteiger partial charge in [-0.3, -0.25) is 19.3 Å². The molecule has 0 atom stereocenters. The first-order valence-electron chi connectivity index (χ1n) is 8.83. The quantitative estimate of drug-likeness (QED) is 0.863. The van der Waals surface area contributed by atoms with Crippen molar-refractivity contribution in [1.29, 1.82) is 0 Å². The van der Waals surface area contributed by atoms with E-state index in [0.29, 0.717) is 12.8 Å². The predicted molar refractivity (Wildman–Crippen MR) is 90.4 cm³/mol. The smallest absolute Gasteiger partial charge is 0.251 e. The summed E-state index contributed by atoms with van der Waals surface area (Å²) in [7, 11) is 0. The van der Waals surface area contributed by atoms with E-state index < -0.39 is 0 Å². The predicted octanol–water partition coefficient (Wildman–Crippen LogP) is 2.44. The average Bonchev–Trinajstić information content (AvgIpc) is 2.94. The Balaban J connectivity index is 1.56. The molecule has 3 rings (SSSR count). The monoisotopic (exact) mass is 328 g/mol. The molecular formula is C19H24N2O3. The highest BCUT2D eigenvalue weighted by atomic mass is 16.2. The minimum Gasteiger partial charge on any atom is -0.349 e. The summed E-state index contributed by atoms with van der Waals surface area (Å²) in [5.74, 6) is -0.0991. The van der Waals surface area contributed by atoms with Gasteiger partial charge in [0.15, 0.2) is 0 Å². The molecule has 2 fully saturated rings. The standard InChI is InChI=1S/C19H24N2O3/c1-2-13-5-3-4-6-16(13)19(24)20-14-7-9-15(10-8-14)21-17(22)11-12-18(21)23/h3-6,14-15H,2,7-12H2,1H3,(H,20,24). The Kier molecular flexibility index (Phi) is 4.97. The van der Waals surface area contributed by atoms with Crippen molar-refractivity contribution in [3.63, 3.8) is 0 Å². The number of rotatable bonds is 4. The Hall–Kier alpha value is -2.17. The summed E-state index contributed by atoms with van der Waals surface area (Å²) in [5.41, 5.74) is 1.80. The number of benzene rings is 1. The zero-order valence-electron chi connectivity index (χ0n) is 14.1. The van der Waals surface area contributed by atoms with Crippen molar-refractivity contribution in [2.24, 2.45) is 0 Å². The molecule has 1 N–H and O–H groups in total. The highest BCUT2D eigenvalue weighted by Crippen LogP contribution is 2.27. The van der Waals surface area contributed by atoms with Gasteiger partial charge in [0, 0.05) is 30.5 Å². The first-order chi connectivity index (χ1) is 11.6. The van der Waals surface area contributed by atoms with Gasteiger partial charge in [-0.15, -0.1) is 0 Å². The van der Waals surface area contributed by atoms with E-state index in [-0.39, 0.29) is 29.8 Å². The fourth-order valence-electron chi connectivity index (χ4n) is 3.79. The third-order valence-electron chi connectivity index (χ3n) is 5.13. The molecular weight excluding hydrogens is 304 g/mol. The first-order valence-corrected chi connectivity index (χ1v) is 8.83. The summed E-state index contributed by atoms with van der Waals surface area (Å²) in [6.07, 6.45) is 4.70. The summed E-state index contributed by atoms with van der Waals surface area (Å²) >= 11 is 0. The van der Waals surface area contributed by atoms with E-state index >= 15 is 0 Å². The van der Waals surface area contributed by atoms with E-state index in [9.17, 15) is 14.4 Å². The number of imide groups is 1. The van der Waals surface area contributed by atoms with Crippen LogP contribution < -0.4 is 5.32 Å². The summed E-state index contributed by atoms with van der Waals surface area (Å²) < 4.78 is 0. The minimum absolute atomic E-state index is 0.0172. The lowest BCUT2D eigenvalue weighted by molar-refractivity contribution is -0.141. The normalized spacial score (nSPS) is 24.3. The average molecular weight is 328 g/mol. The van der Waals surface area contributed by atoms with Crippen LogP contribution in [0.15, 0.2) is 24.3 Å². The molecule has 1 aromatic rings. The molecule has 24 heavy (non-hydrogen) atoms. The van der Waals surface area contributed by atoms with E-state index in [1.165, 1.54) is 4.90 Å². The van der Waals surface area contributed by atoms with E-state index in [1.54, 1.807) is 0 Å². The molecule has 1 aromatic carbocycles. The first kappa shape index (κ1) is 16.7. The molecule has 1 saturated heterocycles. The molecule has 5 nitrogen and oxygen atoms in total. The number of aryl methyl sites for hydroxylation is 1. The van der Waals surface area contributed by atoms with Crippen LogP contribution in [0.1, 0.15) is 61.4 Å². The van der Waals surface area contributed by atoms with Gasteiger partial charge in [-0.2, -0.15) is 0 Å². The molecule has 0 bridgehead atoms. The molecule has 128 valence electrons. The van der Waals surface area contributed by atoms with Gasteiger partial charge in [0.05, 0.1) is 0 Å². The molecule has 0 unspecified atom stereocenters. The number of amides is 3. The maximum absolute atomic E-state index is 12.5. The van der Waals surface area contributed by atoms with Crippen LogP contribution in [0.3, 0.4) is 0 Å². The second-order valence-corrected chi connectivity index (χ2v) is 6.65. The third-order valence-corrected chi connectivity index (χ3v) is 5.13. The maximum atomic E-state index is 12.5. The largest absolute Gasteiger partial charge is 0.349 e. The van der Waals surface area contributed by atoms with Gasteiger partial charge in [0.2, 0.25) is 11.8 Å². The van der Waals surface area contributed by atoms with Gasteiger partial charge in [-0.05, 0) is 43.7 Å². The Morgan fingerprint density at radius 2 is 1.71 bits per heavy atom. The Bertz CT molecular complexity index is 632. The van der Waals surface area contributed by atoms with Crippen molar-refractivity contribution >= 4 is 17.7 Å². The van der Waals surface area contributed by atoms with Crippen molar-refractivity contribution in [1.82, 2.24) is 10.2 Å². The van der Waals surface area contributed by atoms with E-state index in [1.807, 2.05) is 31.2 Å². The number of nitrogens with one attached hydrogen (secondary N) is 1. The topological polar surface area (TPSA) is 66.5 Å². The van der Waals surface area contributed by atoms with Gasteiger partial charge < -0.3 is 5.32 Å². The van der Waals surface area contributed by atoms with Crippen LogP contribution in [-0.4, -0.2) is 34.7 Å². The summed E-state index contributed by atoms with van der Waals surface area (Å²) in [6.45, 7) is 2.04. The van der Waals surface area contributed by atoms with Crippen LogP contribution in [0.2, 0.25) is 0 Å². The van der Waals surface area contributed by atoms with Crippen LogP contribution in [0.5, 0.6) is 0 Å². The second kappa shape index (κ2) is 7.16. The highest BCUT2D eigenvalue weighted by Gasteiger charge is 2.37. The van der Waals surface area contributed by atoms with Crippen LogP contribution in [0.4, 0.5) is 0 Å². The number of likely N-dealkylation sites (tertiary alicyclic amines) is 1. The summed E-state index contributed by atoms with van der Waals surface area (Å²) in [6, 6.07) is 7.81. The van der Waals surface area contributed by atoms with Gasteiger partial charge in [0.1, 0.15) is 0 Å². The maximum Gasteiger partial charge on any atom is 0.251 e. The van der Waals surface area contributed by atoms with E-state index in [4.69, 9.17) is 0 Å². The molecule has 3 amide bonds. The molecule has 1 saturated carbocycles. The van der Waals surface area contributed by atoms with Crippen LogP contribution in [0, 0.1) is 0 Å². The van der Waals surface area contributed by atoms with Crippen molar-refractivity contribution in [3.05, 3.63) is 35.4 Å². The van der Waals surface area contributed by atoms with Crippen LogP contribution in [0.25, 0.3) is 0 Å². The fraction of sp³-hybridized carbons (Fsp3) is 0.526. The Morgan fingerprint density at radius 3 is 2.33 bits per heavy atom. The third kappa shape index (κ3) is 3.35. The molecule has 1 aliphatic heterocycles. The molecule has 2 aliphatic rings. The Morgan fingerprint density at radius 1 is 1.08 bits per heavy atom. The van der Waals surface area contributed by atoms with Crippen LogP contribution in [-0.2, 0) is 16.0 Å². The summed E-state index contributed by atoms with van der Waals surface area (Å²) in [5, 5.41) is 3.12. The number of nitrogens with zero attached hydrogens (tertiary/aromatic N) is 1. The molecule has 1 aliphatic carbocycles. The SMILES string of the molecule is CCc1ccccc1C(=O)NC1CCC(N2C(=O)CCC2=O)CC1. The van der Waals surface area contributed by atoms with Crippen molar-refractivity contribution in [2.75, 3.05) is 0 Å². The van der Waals surface area contributed by atoms with Gasteiger partial charge in [-0.1, -0.05) is 25.1 Å². The van der Waals surface area contributed by atoms with E-state index in [0.717, 1.165) is 43.2 Å². The lowest BCUT2D eigenvalue weighted by Gasteiger charge is -2.33. The molecule has 0 aromatic heterocycles. The highest BCUT2D eigenvalue weighted by molar-refractivity contribution is 6.02. The number of hydrogen-bond acceptors (Lipinski definition) is 3. The van der Waals surface area contributed by atoms with Crippen molar-refractivity contribution in [3.8, 4) is 0 Å². The van der Waals surface area contributed by atoms with Gasteiger partial charge >= 0.3 is 0 Å². The Labute approximate surface area is 142 Å². The zero-order chi connectivity index (χ0) is 17.1. The van der Waals surface area contributed by atoms with Crippen molar-refractivity contribution < 1.29 is 14.4 Å². The second-order valence-electron chi connectivity index (χ2n) is 6.65. The van der Waals surface area contributed by atoms with Crippen molar-refractivity contribution in [2.45, 2.75) is 64.0 Å². The van der Waals surface area contributed by atoms with Gasteiger partial charge in [0.25, 0.3) is 5.91 Å². The lowest BCUT2D eigenvalue weighted by Crippen LogP contribution is -2.45. The molecule has 0 spiro atoms. The molecule has 5 heteroatoms. The lowest BCUT2D eigenvalue weighted by atomic mass is 9.90. The zero-order valence-corrected chi connectivity index (χ0v) is 14.1. The summed E-state index contributed by atoms with van der Waals surface area (Å²) in [4.78, 5) is 37.6. The molecule has 1 heterocycles. The minimum atomic E-state index is -0.0376. The van der Waals surface area contributed by atoms with E-state index in [2.05, 4.69) is 5.32 Å².